The molecule has 0 unspecified atom stereocenters. The largest absolute Gasteiger partial charge is 0.321 e. The van der Waals surface area contributed by atoms with Crippen LogP contribution in [0.15, 0.2) is 0 Å². The highest BCUT2D eigenvalue weighted by Crippen LogP contribution is 2.03. The van der Waals surface area contributed by atoms with Crippen LogP contribution in [-0.4, -0.2) is 22.9 Å². The normalized spacial score (nSPS) is 12.7. The lowest BCUT2D eigenvalue weighted by atomic mass is 9.99. The van der Waals surface area contributed by atoms with Crippen LogP contribution in [-0.2, 0) is 9.59 Å². The number of carbonyl (C=O) groups excluding carboxylic acids is 2. The molecule has 1 amide bonds. The van der Waals surface area contributed by atoms with Gasteiger partial charge in [0.15, 0.2) is 5.78 Å². The van der Waals surface area contributed by atoms with Gasteiger partial charge < -0.3 is 5.73 Å². The Hall–Kier alpha value is -0.940. The Balaban J connectivity index is 3.81. The van der Waals surface area contributed by atoms with Crippen molar-refractivity contribution in [2.24, 2.45) is 11.7 Å². The Morgan fingerprint density at radius 2 is 2.00 bits per heavy atom. The van der Waals surface area contributed by atoms with E-state index in [4.69, 9.17) is 10.9 Å². The summed E-state index contributed by atoms with van der Waals surface area (Å²) in [4.78, 5) is 21.8. The lowest BCUT2D eigenvalue weighted by molar-refractivity contribution is -0.129. The molecule has 5 nitrogen and oxygen atoms in total. The first kappa shape index (κ1) is 12.1. The van der Waals surface area contributed by atoms with Crippen molar-refractivity contribution in [1.29, 1.82) is 0 Å². The van der Waals surface area contributed by atoms with Gasteiger partial charge in [-0.25, -0.2) is 5.48 Å². The van der Waals surface area contributed by atoms with Crippen molar-refractivity contribution in [3.63, 3.8) is 0 Å². The molecule has 0 bridgehead atoms. The van der Waals surface area contributed by atoms with E-state index in [0.717, 1.165) is 0 Å². The number of hydroxylamine groups is 1. The van der Waals surface area contributed by atoms with Gasteiger partial charge in [-0.05, 0) is 6.42 Å². The number of nitrogens with one attached hydrogen (secondary N) is 1. The van der Waals surface area contributed by atoms with Gasteiger partial charge in [-0.15, -0.1) is 0 Å². The molecule has 0 aromatic carbocycles. The average Bonchev–Trinajstić information content (AvgIpc) is 2.11. The predicted molar refractivity (Wildman–Crippen MR) is 47.0 cm³/mol. The number of amides is 1. The fourth-order valence-corrected chi connectivity index (χ4v) is 0.913. The fraction of sp³-hybridized carbons (Fsp3) is 0.750. The summed E-state index contributed by atoms with van der Waals surface area (Å²) >= 11 is 0. The number of carbonyl (C=O) groups is 2. The van der Waals surface area contributed by atoms with E-state index in [2.05, 4.69) is 0 Å². The maximum absolute atomic E-state index is 11.2. The third kappa shape index (κ3) is 4.59. The quantitative estimate of drug-likeness (QED) is 0.412. The molecule has 5 heteroatoms. The molecule has 13 heavy (non-hydrogen) atoms. The smallest absolute Gasteiger partial charge is 0.243 e. The predicted octanol–water partition coefficient (Wildman–Crippen LogP) is -0.176. The van der Waals surface area contributed by atoms with E-state index in [9.17, 15) is 9.59 Å². The summed E-state index contributed by atoms with van der Waals surface area (Å²) in [5, 5.41) is 8.17. The zero-order valence-corrected chi connectivity index (χ0v) is 7.91. The first-order valence-corrected chi connectivity index (χ1v) is 4.21. The Labute approximate surface area is 77.3 Å². The molecule has 1 atom stereocenters. The second-order valence-electron chi connectivity index (χ2n) is 3.24. The molecular formula is C8H16N2O3. The molecule has 0 aliphatic carbocycles. The van der Waals surface area contributed by atoms with Gasteiger partial charge in [0.1, 0.15) is 0 Å². The van der Waals surface area contributed by atoms with Crippen molar-refractivity contribution in [2.45, 2.75) is 32.7 Å². The van der Waals surface area contributed by atoms with Crippen molar-refractivity contribution in [2.75, 3.05) is 0 Å². The van der Waals surface area contributed by atoms with E-state index in [1.54, 1.807) is 13.8 Å². The number of rotatable bonds is 5. The van der Waals surface area contributed by atoms with Gasteiger partial charge in [-0.3, -0.25) is 14.8 Å². The number of hydrogen-bond acceptors (Lipinski definition) is 4. The van der Waals surface area contributed by atoms with E-state index in [0.29, 0.717) is 0 Å². The highest BCUT2D eigenvalue weighted by atomic mass is 16.5. The zero-order chi connectivity index (χ0) is 10.4. The molecule has 4 N–H and O–H groups in total. The molecule has 0 aromatic heterocycles. The number of Topliss-reactive ketones (excluding diaryl/α,β-unsaturated/α-hetero) is 1. The Bertz CT molecular complexity index is 192. The Morgan fingerprint density at radius 1 is 1.46 bits per heavy atom. The van der Waals surface area contributed by atoms with Crippen LogP contribution < -0.4 is 11.2 Å². The van der Waals surface area contributed by atoms with Crippen LogP contribution in [0.2, 0.25) is 0 Å². The van der Waals surface area contributed by atoms with Crippen LogP contribution in [0.3, 0.4) is 0 Å². The summed E-state index contributed by atoms with van der Waals surface area (Å²) in [5.74, 6) is -0.704. The number of ketones is 1. The SMILES string of the molecule is CC(C)C(=O)[C@@H](N)CCC(=O)NO. The first-order chi connectivity index (χ1) is 5.99. The maximum Gasteiger partial charge on any atom is 0.243 e. The highest BCUT2D eigenvalue weighted by molar-refractivity contribution is 5.86. The molecule has 0 spiro atoms. The van der Waals surface area contributed by atoms with Crippen molar-refractivity contribution in [1.82, 2.24) is 5.48 Å². The molecule has 0 aliphatic heterocycles. The van der Waals surface area contributed by atoms with Gasteiger partial charge in [0.2, 0.25) is 5.91 Å². The number of nitrogens with two attached hydrogens (primary N) is 1. The Kier molecular flexibility index (Phi) is 5.25. The first-order valence-electron chi connectivity index (χ1n) is 4.21. The molecule has 0 rings (SSSR count). The molecule has 0 heterocycles. The summed E-state index contributed by atoms with van der Waals surface area (Å²) < 4.78 is 0. The van der Waals surface area contributed by atoms with Gasteiger partial charge in [0, 0.05) is 12.3 Å². The zero-order valence-electron chi connectivity index (χ0n) is 7.91. The highest BCUT2D eigenvalue weighted by Gasteiger charge is 2.17. The molecule has 0 saturated heterocycles. The Morgan fingerprint density at radius 3 is 2.38 bits per heavy atom. The molecule has 0 radical (unpaired) electrons. The molecule has 0 saturated carbocycles. The van der Waals surface area contributed by atoms with Crippen molar-refractivity contribution >= 4 is 11.7 Å². The summed E-state index contributed by atoms with van der Waals surface area (Å²) in [5.41, 5.74) is 6.99. The van der Waals surface area contributed by atoms with Crippen molar-refractivity contribution in [3.05, 3.63) is 0 Å². The fourth-order valence-electron chi connectivity index (χ4n) is 0.913. The summed E-state index contributed by atoms with van der Waals surface area (Å²) in [6, 6.07) is -0.614. The minimum absolute atomic E-state index is 0.0641. The molecular weight excluding hydrogens is 172 g/mol. The van der Waals surface area contributed by atoms with E-state index in [1.165, 1.54) is 5.48 Å². The maximum atomic E-state index is 11.2. The second-order valence-corrected chi connectivity index (χ2v) is 3.24. The van der Waals surface area contributed by atoms with Crippen molar-refractivity contribution < 1.29 is 14.8 Å². The lowest BCUT2D eigenvalue weighted by Gasteiger charge is -2.11. The van der Waals surface area contributed by atoms with Crippen molar-refractivity contribution in [3.8, 4) is 0 Å². The van der Waals surface area contributed by atoms with Gasteiger partial charge in [0.05, 0.1) is 6.04 Å². The van der Waals surface area contributed by atoms with Crippen LogP contribution in [0.25, 0.3) is 0 Å². The van der Waals surface area contributed by atoms with E-state index in [1.807, 2.05) is 0 Å². The molecule has 0 aliphatic rings. The second kappa shape index (κ2) is 5.66. The van der Waals surface area contributed by atoms with Crippen LogP contribution >= 0.6 is 0 Å². The summed E-state index contributed by atoms with van der Waals surface area (Å²) in [6.07, 6.45) is 0.333. The molecule has 0 aromatic rings. The van der Waals surface area contributed by atoms with Gasteiger partial charge in [-0.2, -0.15) is 0 Å². The van der Waals surface area contributed by atoms with E-state index >= 15 is 0 Å². The summed E-state index contributed by atoms with van der Waals surface area (Å²) in [6.45, 7) is 3.52. The van der Waals surface area contributed by atoms with E-state index < -0.39 is 11.9 Å². The third-order valence-electron chi connectivity index (χ3n) is 1.74. The third-order valence-corrected chi connectivity index (χ3v) is 1.74. The molecule has 76 valence electrons. The minimum atomic E-state index is -0.614. The van der Waals surface area contributed by atoms with Crippen LogP contribution in [0.4, 0.5) is 0 Å². The van der Waals surface area contributed by atoms with Gasteiger partial charge in [0.25, 0.3) is 0 Å². The standard InChI is InChI=1S/C8H16N2O3/c1-5(2)8(12)6(9)3-4-7(11)10-13/h5-6,13H,3-4,9H2,1-2H3,(H,10,11)/t6-/m0/s1. The lowest BCUT2D eigenvalue weighted by Crippen LogP contribution is -2.35. The molecule has 0 fully saturated rings. The minimum Gasteiger partial charge on any atom is -0.321 e. The van der Waals surface area contributed by atoms with E-state index in [-0.39, 0.29) is 24.5 Å². The topological polar surface area (TPSA) is 92.4 Å². The van der Waals surface area contributed by atoms with Crippen LogP contribution in [0.1, 0.15) is 26.7 Å². The van der Waals surface area contributed by atoms with Crippen LogP contribution in [0, 0.1) is 5.92 Å². The monoisotopic (exact) mass is 188 g/mol. The van der Waals surface area contributed by atoms with Gasteiger partial charge >= 0.3 is 0 Å². The summed E-state index contributed by atoms with van der Waals surface area (Å²) in [7, 11) is 0. The number of hydrogen-bond donors (Lipinski definition) is 3. The van der Waals surface area contributed by atoms with Gasteiger partial charge in [-0.1, -0.05) is 13.8 Å². The van der Waals surface area contributed by atoms with Crippen LogP contribution in [0.5, 0.6) is 0 Å². The average molecular weight is 188 g/mol.